The molecular weight excluding hydrogens is 473 g/mol. The van der Waals surface area contributed by atoms with E-state index in [2.05, 4.69) is 35.7 Å². The Hall–Kier alpha value is -3.77. The van der Waals surface area contributed by atoms with Crippen molar-refractivity contribution in [3.8, 4) is 11.1 Å². The van der Waals surface area contributed by atoms with Gasteiger partial charge in [0.2, 0.25) is 0 Å². The van der Waals surface area contributed by atoms with Gasteiger partial charge in [-0.2, -0.15) is 4.39 Å². The molecule has 0 saturated carbocycles. The second-order valence-corrected chi connectivity index (χ2v) is 9.35. The Bertz CT molecular complexity index is 1290. The third kappa shape index (κ3) is 6.46. The first-order valence-corrected chi connectivity index (χ1v) is 12.8. The number of thiophene rings is 1. The molecule has 0 bridgehead atoms. The molecule has 0 spiro atoms. The van der Waals surface area contributed by atoms with E-state index < -0.39 is 23.0 Å². The van der Waals surface area contributed by atoms with Crippen LogP contribution >= 0.6 is 11.3 Å². The lowest BCUT2D eigenvalue weighted by Gasteiger charge is -2.18. The van der Waals surface area contributed by atoms with Gasteiger partial charge in [-0.25, -0.2) is 0 Å². The first-order chi connectivity index (χ1) is 17.5. The van der Waals surface area contributed by atoms with Crippen LogP contribution in [-0.2, 0) is 9.53 Å². The van der Waals surface area contributed by atoms with Gasteiger partial charge in [0.05, 0.1) is 23.9 Å². The highest BCUT2D eigenvalue weighted by Crippen LogP contribution is 2.32. The van der Waals surface area contributed by atoms with Crippen molar-refractivity contribution >= 4 is 28.8 Å². The molecule has 1 amide bonds. The van der Waals surface area contributed by atoms with Gasteiger partial charge >= 0.3 is 5.97 Å². The monoisotopic (exact) mass is 501 g/mol. The van der Waals surface area contributed by atoms with E-state index in [4.69, 9.17) is 4.74 Å². The summed E-state index contributed by atoms with van der Waals surface area (Å²) in [5.74, 6) is -0.842. The Labute approximate surface area is 214 Å². The molecule has 4 nitrogen and oxygen atoms in total. The summed E-state index contributed by atoms with van der Waals surface area (Å²) in [5.41, 5.74) is 3.99. The van der Waals surface area contributed by atoms with Crippen LogP contribution in [0.4, 0.5) is 4.39 Å². The molecule has 0 aliphatic heterocycles. The fourth-order valence-corrected chi connectivity index (χ4v) is 4.80. The van der Waals surface area contributed by atoms with Crippen LogP contribution in [0.25, 0.3) is 16.7 Å². The van der Waals surface area contributed by atoms with Gasteiger partial charge in [-0.3, -0.25) is 9.59 Å². The van der Waals surface area contributed by atoms with Crippen molar-refractivity contribution in [2.45, 2.75) is 32.2 Å². The summed E-state index contributed by atoms with van der Waals surface area (Å²) in [6.07, 6.45) is 12.5. The molecule has 6 heteroatoms. The zero-order valence-electron chi connectivity index (χ0n) is 20.1. The summed E-state index contributed by atoms with van der Waals surface area (Å²) < 4.78 is 20.0. The van der Waals surface area contributed by atoms with E-state index in [-0.39, 0.29) is 17.9 Å². The number of hydrogen-bond donors (Lipinski definition) is 1. The SMILES string of the molecule is CCOC(=O)C[C@@H](NC(=O)c1cc(-c2ccc(C3=C/C=C\CC/C=C\3)cc2)c(F)s1)c1ccccc1. The first kappa shape index (κ1) is 25.3. The van der Waals surface area contributed by atoms with Crippen LogP contribution in [0.2, 0.25) is 0 Å². The fraction of sp³-hybridized carbons (Fsp3) is 0.200. The molecule has 1 N–H and O–H groups in total. The zero-order chi connectivity index (χ0) is 25.3. The minimum Gasteiger partial charge on any atom is -0.466 e. The third-order valence-electron chi connectivity index (χ3n) is 5.83. The van der Waals surface area contributed by atoms with Gasteiger partial charge in [0.1, 0.15) is 0 Å². The highest BCUT2D eigenvalue weighted by atomic mass is 32.1. The van der Waals surface area contributed by atoms with Gasteiger partial charge in [-0.15, -0.1) is 11.3 Å². The van der Waals surface area contributed by atoms with Crippen LogP contribution in [-0.4, -0.2) is 18.5 Å². The number of carbonyl (C=O) groups is 2. The maximum atomic E-state index is 14.9. The van der Waals surface area contributed by atoms with Crippen LogP contribution in [0.15, 0.2) is 91.0 Å². The number of benzene rings is 2. The second kappa shape index (κ2) is 12.3. The van der Waals surface area contributed by atoms with Crippen molar-refractivity contribution in [3.05, 3.63) is 112 Å². The van der Waals surface area contributed by atoms with Crippen LogP contribution in [0.5, 0.6) is 0 Å². The number of allylic oxidation sites excluding steroid dienone is 6. The van der Waals surface area contributed by atoms with Gasteiger partial charge in [0, 0.05) is 5.56 Å². The molecule has 3 aromatic rings. The predicted molar refractivity (Wildman–Crippen MR) is 143 cm³/mol. The molecular formula is C30H28FNO3S. The average Bonchev–Trinajstić information content (AvgIpc) is 3.26. The summed E-state index contributed by atoms with van der Waals surface area (Å²) in [5, 5.41) is 2.45. The van der Waals surface area contributed by atoms with Gasteiger partial charge in [0.15, 0.2) is 5.13 Å². The molecule has 1 heterocycles. The van der Waals surface area contributed by atoms with Crippen LogP contribution < -0.4 is 5.32 Å². The van der Waals surface area contributed by atoms with Crippen molar-refractivity contribution < 1.29 is 18.7 Å². The molecule has 2 aromatic carbocycles. The quantitative estimate of drug-likeness (QED) is 0.330. The van der Waals surface area contributed by atoms with Crippen molar-refractivity contribution in [2.75, 3.05) is 6.61 Å². The number of hydrogen-bond acceptors (Lipinski definition) is 4. The normalized spacial score (nSPS) is 17.1. The molecule has 1 aliphatic rings. The second-order valence-electron chi connectivity index (χ2n) is 8.35. The molecule has 0 saturated heterocycles. The number of carbonyl (C=O) groups excluding carboxylic acids is 2. The lowest BCUT2D eigenvalue weighted by atomic mass is 9.99. The van der Waals surface area contributed by atoms with Crippen molar-refractivity contribution in [1.82, 2.24) is 5.32 Å². The van der Waals surface area contributed by atoms with Crippen LogP contribution in [0, 0.1) is 5.13 Å². The third-order valence-corrected chi connectivity index (χ3v) is 6.75. The standard InChI is InChI=1S/C30H28FNO3S/c1-2-35-28(33)20-26(24-13-9-6-10-14-24)32-30(34)27-19-25(29(31)36-27)23-17-15-22(16-18-23)21-11-7-4-3-5-8-12-21/h4,6-19,26H,2-3,5,20H2,1H3,(H,32,34)/b7-4-,12-8-,21-11+/t26-/m1/s1. The predicted octanol–water partition coefficient (Wildman–Crippen LogP) is 7.27. The van der Waals surface area contributed by atoms with E-state index in [0.29, 0.717) is 11.1 Å². The number of amides is 1. The van der Waals surface area contributed by atoms with Gasteiger partial charge in [-0.1, -0.05) is 85.0 Å². The minimum atomic E-state index is -0.579. The highest BCUT2D eigenvalue weighted by molar-refractivity contribution is 7.12. The van der Waals surface area contributed by atoms with Crippen molar-refractivity contribution in [3.63, 3.8) is 0 Å². The highest BCUT2D eigenvalue weighted by Gasteiger charge is 2.22. The van der Waals surface area contributed by atoms with Gasteiger partial charge in [-0.05, 0) is 48.1 Å². The smallest absolute Gasteiger partial charge is 0.308 e. The topological polar surface area (TPSA) is 55.4 Å². The Kier molecular flexibility index (Phi) is 8.63. The summed E-state index contributed by atoms with van der Waals surface area (Å²) >= 11 is 0.794. The molecule has 0 radical (unpaired) electrons. The van der Waals surface area contributed by atoms with E-state index in [9.17, 15) is 14.0 Å². The summed E-state index contributed by atoms with van der Waals surface area (Å²) in [7, 11) is 0. The zero-order valence-corrected chi connectivity index (χ0v) is 20.9. The largest absolute Gasteiger partial charge is 0.466 e. The lowest BCUT2D eigenvalue weighted by Crippen LogP contribution is -2.30. The Morgan fingerprint density at radius 3 is 2.50 bits per heavy atom. The fourth-order valence-electron chi connectivity index (χ4n) is 3.99. The van der Waals surface area contributed by atoms with Gasteiger partial charge in [0.25, 0.3) is 5.91 Å². The van der Waals surface area contributed by atoms with Crippen LogP contribution in [0.1, 0.15) is 53.0 Å². The molecule has 184 valence electrons. The minimum absolute atomic E-state index is 0.00867. The summed E-state index contributed by atoms with van der Waals surface area (Å²) in [6, 6.07) is 17.9. The molecule has 1 atom stereocenters. The summed E-state index contributed by atoms with van der Waals surface area (Å²) in [6.45, 7) is 2.00. The van der Waals surface area contributed by atoms with E-state index in [1.807, 2.05) is 54.6 Å². The lowest BCUT2D eigenvalue weighted by molar-refractivity contribution is -0.143. The first-order valence-electron chi connectivity index (χ1n) is 12.0. The van der Waals surface area contributed by atoms with Crippen molar-refractivity contribution in [1.29, 1.82) is 0 Å². The van der Waals surface area contributed by atoms with E-state index >= 15 is 0 Å². The molecule has 0 fully saturated rings. The Morgan fingerprint density at radius 1 is 1.03 bits per heavy atom. The van der Waals surface area contributed by atoms with E-state index in [0.717, 1.165) is 40.9 Å². The molecule has 4 rings (SSSR count). The maximum Gasteiger partial charge on any atom is 0.308 e. The van der Waals surface area contributed by atoms with Crippen LogP contribution in [0.3, 0.4) is 0 Å². The number of ether oxygens (including phenoxy) is 1. The Balaban J connectivity index is 1.52. The molecule has 1 aliphatic carbocycles. The average molecular weight is 502 g/mol. The summed E-state index contributed by atoms with van der Waals surface area (Å²) in [4.78, 5) is 25.4. The van der Waals surface area contributed by atoms with E-state index in [1.54, 1.807) is 13.0 Å². The van der Waals surface area contributed by atoms with E-state index in [1.165, 1.54) is 0 Å². The molecule has 36 heavy (non-hydrogen) atoms. The number of rotatable bonds is 8. The Morgan fingerprint density at radius 2 is 1.75 bits per heavy atom. The maximum absolute atomic E-state index is 14.9. The van der Waals surface area contributed by atoms with Gasteiger partial charge < -0.3 is 10.1 Å². The van der Waals surface area contributed by atoms with Crippen molar-refractivity contribution in [2.24, 2.45) is 0 Å². The number of nitrogens with one attached hydrogen (secondary N) is 1. The number of esters is 1. The molecule has 1 aromatic heterocycles. The number of halogens is 1. The molecule has 0 unspecified atom stereocenters.